The predicted molar refractivity (Wildman–Crippen MR) is 102 cm³/mol. The van der Waals surface area contributed by atoms with Gasteiger partial charge in [0.25, 0.3) is 0 Å². The number of hydrogen-bond acceptors (Lipinski definition) is 3. The van der Waals surface area contributed by atoms with Crippen LogP contribution in [0.1, 0.15) is 43.7 Å². The zero-order valence-corrected chi connectivity index (χ0v) is 16.0. The topological polar surface area (TPSA) is 62.3 Å². The zero-order valence-electron chi connectivity index (χ0n) is 16.0. The monoisotopic (exact) mass is 423 g/mol. The molecule has 0 saturated heterocycles. The highest BCUT2D eigenvalue weighted by molar-refractivity contribution is 6.03. The number of alkyl halides is 3. The lowest BCUT2D eigenvalue weighted by atomic mass is 9.94. The van der Waals surface area contributed by atoms with Crippen molar-refractivity contribution in [3.05, 3.63) is 60.2 Å². The zero-order chi connectivity index (χ0) is 21.7. The molecular weight excluding hydrogens is 402 g/mol. The van der Waals surface area contributed by atoms with E-state index in [4.69, 9.17) is 0 Å². The first-order chi connectivity index (χ1) is 14.3. The first kappa shape index (κ1) is 21.7. The van der Waals surface area contributed by atoms with Crippen molar-refractivity contribution in [3.63, 3.8) is 0 Å². The summed E-state index contributed by atoms with van der Waals surface area (Å²) in [5.74, 6) is -3.62. The Labute approximate surface area is 171 Å². The lowest BCUT2D eigenvalue weighted by molar-refractivity contribution is -0.171. The maximum absolute atomic E-state index is 13.5. The number of nitrogens with zero attached hydrogens (tertiary/aromatic N) is 2. The fourth-order valence-corrected chi connectivity index (χ4v) is 3.61. The van der Waals surface area contributed by atoms with Crippen LogP contribution >= 0.6 is 0 Å². The average molecular weight is 423 g/mol. The highest BCUT2D eigenvalue weighted by atomic mass is 19.4. The average Bonchev–Trinajstić information content (AvgIpc) is 2.73. The fraction of sp³-hybridized carbons (Fsp3) is 0.381. The number of anilines is 1. The Kier molecular flexibility index (Phi) is 6.69. The van der Waals surface area contributed by atoms with E-state index in [0.29, 0.717) is 4.90 Å². The van der Waals surface area contributed by atoms with Gasteiger partial charge in [0.1, 0.15) is 11.9 Å². The molecule has 9 heteroatoms. The van der Waals surface area contributed by atoms with Gasteiger partial charge in [-0.25, -0.2) is 4.39 Å². The number of pyridine rings is 1. The highest BCUT2D eigenvalue weighted by Crippen LogP contribution is 2.33. The third-order valence-corrected chi connectivity index (χ3v) is 5.05. The van der Waals surface area contributed by atoms with Crippen LogP contribution in [0.2, 0.25) is 0 Å². The molecule has 2 amide bonds. The van der Waals surface area contributed by atoms with Gasteiger partial charge in [0.05, 0.1) is 0 Å². The number of amides is 2. The lowest BCUT2D eigenvalue weighted by Crippen LogP contribution is -2.50. The highest BCUT2D eigenvalue weighted by Gasteiger charge is 2.47. The van der Waals surface area contributed by atoms with Gasteiger partial charge in [0, 0.05) is 24.1 Å². The van der Waals surface area contributed by atoms with Gasteiger partial charge in [-0.15, -0.1) is 0 Å². The number of carbonyl (C=O) groups excluding carboxylic acids is 2. The van der Waals surface area contributed by atoms with E-state index in [0.717, 1.165) is 56.4 Å². The minimum Gasteiger partial charge on any atom is -0.351 e. The molecule has 1 aromatic heterocycles. The second kappa shape index (κ2) is 9.23. The molecule has 0 spiro atoms. The molecule has 1 N–H and O–H groups in total. The van der Waals surface area contributed by atoms with Crippen molar-refractivity contribution in [2.75, 3.05) is 4.90 Å². The van der Waals surface area contributed by atoms with Crippen LogP contribution in [0.4, 0.5) is 23.2 Å². The third-order valence-electron chi connectivity index (χ3n) is 5.05. The van der Waals surface area contributed by atoms with Crippen LogP contribution < -0.4 is 10.2 Å². The van der Waals surface area contributed by atoms with Gasteiger partial charge < -0.3 is 5.32 Å². The number of hydrogen-bond donors (Lipinski definition) is 1. The van der Waals surface area contributed by atoms with Gasteiger partial charge in [-0.1, -0.05) is 19.3 Å². The quantitative estimate of drug-likeness (QED) is 0.730. The van der Waals surface area contributed by atoms with Crippen LogP contribution in [-0.2, 0) is 9.59 Å². The normalized spacial score (nSPS) is 16.0. The Hall–Kier alpha value is -2.97. The summed E-state index contributed by atoms with van der Waals surface area (Å²) in [6.07, 6.45) is 1.73. The summed E-state index contributed by atoms with van der Waals surface area (Å²) in [7, 11) is 0. The molecule has 0 radical (unpaired) electrons. The summed E-state index contributed by atoms with van der Waals surface area (Å²) in [5.41, 5.74) is -0.0698. The van der Waals surface area contributed by atoms with Gasteiger partial charge in [0.15, 0.2) is 0 Å². The Morgan fingerprint density at radius 2 is 1.60 bits per heavy atom. The standard InChI is InChI=1S/C21H21F4N3O2/c22-15-6-8-17(9-7-15)28(20(30)21(23,24)25)18(14-10-12-26-13-11-14)19(29)27-16-4-2-1-3-5-16/h6-13,16,18H,1-5H2,(H,27,29). The van der Waals surface area contributed by atoms with Crippen LogP contribution in [0.25, 0.3) is 0 Å². The van der Waals surface area contributed by atoms with Crippen LogP contribution in [0, 0.1) is 5.82 Å². The van der Waals surface area contributed by atoms with Crippen LogP contribution in [-0.4, -0.2) is 29.0 Å². The maximum atomic E-state index is 13.5. The van der Waals surface area contributed by atoms with Crippen molar-refractivity contribution in [1.82, 2.24) is 10.3 Å². The second-order valence-corrected chi connectivity index (χ2v) is 7.18. The molecule has 2 aromatic rings. The predicted octanol–water partition coefficient (Wildman–Crippen LogP) is 4.31. The van der Waals surface area contributed by atoms with Crippen molar-refractivity contribution in [2.24, 2.45) is 0 Å². The molecule has 1 aliphatic carbocycles. The van der Waals surface area contributed by atoms with E-state index in [9.17, 15) is 27.2 Å². The summed E-state index contributed by atoms with van der Waals surface area (Å²) in [6.45, 7) is 0. The van der Waals surface area contributed by atoms with E-state index >= 15 is 0 Å². The SMILES string of the molecule is O=C(NC1CCCCC1)C(c1ccncc1)N(C(=O)C(F)(F)F)c1ccc(F)cc1. The van der Waals surface area contributed by atoms with E-state index in [1.54, 1.807) is 0 Å². The largest absolute Gasteiger partial charge is 0.471 e. The molecule has 1 heterocycles. The van der Waals surface area contributed by atoms with E-state index in [2.05, 4.69) is 10.3 Å². The molecular formula is C21H21F4N3O2. The molecule has 160 valence electrons. The number of aromatic nitrogens is 1. The number of benzene rings is 1. The molecule has 3 rings (SSSR count). The molecule has 30 heavy (non-hydrogen) atoms. The van der Waals surface area contributed by atoms with E-state index in [1.807, 2.05) is 0 Å². The van der Waals surface area contributed by atoms with Gasteiger partial charge in [0.2, 0.25) is 5.91 Å². The first-order valence-electron chi connectivity index (χ1n) is 9.63. The summed E-state index contributed by atoms with van der Waals surface area (Å²) >= 11 is 0. The summed E-state index contributed by atoms with van der Waals surface area (Å²) in [5, 5.41) is 2.79. The van der Waals surface area contributed by atoms with Crippen molar-refractivity contribution >= 4 is 17.5 Å². The molecule has 1 atom stereocenters. The van der Waals surface area contributed by atoms with Gasteiger partial charge >= 0.3 is 12.1 Å². The van der Waals surface area contributed by atoms with Crippen molar-refractivity contribution in [2.45, 2.75) is 50.4 Å². The molecule has 1 saturated carbocycles. The Balaban J connectivity index is 2.04. The Morgan fingerprint density at radius 1 is 1.00 bits per heavy atom. The smallest absolute Gasteiger partial charge is 0.351 e. The minimum absolute atomic E-state index is 0.167. The maximum Gasteiger partial charge on any atom is 0.471 e. The lowest BCUT2D eigenvalue weighted by Gasteiger charge is -2.33. The Morgan fingerprint density at radius 3 is 2.17 bits per heavy atom. The number of halogens is 4. The van der Waals surface area contributed by atoms with E-state index in [-0.39, 0.29) is 17.3 Å². The molecule has 0 bridgehead atoms. The van der Waals surface area contributed by atoms with Crippen molar-refractivity contribution < 1.29 is 27.2 Å². The molecule has 5 nitrogen and oxygen atoms in total. The minimum atomic E-state index is -5.23. The van der Waals surface area contributed by atoms with Crippen molar-refractivity contribution in [3.8, 4) is 0 Å². The summed E-state index contributed by atoms with van der Waals surface area (Å²) in [6, 6.07) is 4.96. The van der Waals surface area contributed by atoms with Crippen LogP contribution in [0.5, 0.6) is 0 Å². The third kappa shape index (κ3) is 5.14. The summed E-state index contributed by atoms with van der Waals surface area (Å²) in [4.78, 5) is 29.7. The fourth-order valence-electron chi connectivity index (χ4n) is 3.61. The molecule has 1 aromatic carbocycles. The number of carbonyl (C=O) groups is 2. The van der Waals surface area contributed by atoms with Crippen LogP contribution in [0.15, 0.2) is 48.8 Å². The Bertz CT molecular complexity index is 866. The molecule has 0 aliphatic heterocycles. The van der Waals surface area contributed by atoms with Crippen molar-refractivity contribution in [1.29, 1.82) is 0 Å². The number of nitrogens with one attached hydrogen (secondary N) is 1. The van der Waals surface area contributed by atoms with E-state index < -0.39 is 29.8 Å². The van der Waals surface area contributed by atoms with Gasteiger partial charge in [-0.3, -0.25) is 19.5 Å². The first-order valence-corrected chi connectivity index (χ1v) is 9.63. The molecule has 1 aliphatic rings. The van der Waals surface area contributed by atoms with Gasteiger partial charge in [-0.2, -0.15) is 13.2 Å². The molecule has 1 unspecified atom stereocenters. The van der Waals surface area contributed by atoms with Gasteiger partial charge in [-0.05, 0) is 54.8 Å². The number of rotatable bonds is 5. The van der Waals surface area contributed by atoms with E-state index in [1.165, 1.54) is 24.5 Å². The van der Waals surface area contributed by atoms with Crippen LogP contribution in [0.3, 0.4) is 0 Å². The second-order valence-electron chi connectivity index (χ2n) is 7.18. The summed E-state index contributed by atoms with van der Waals surface area (Å²) < 4.78 is 53.7. The molecule has 1 fully saturated rings.